The number of aliphatic carboxylic acids is 1. The summed E-state index contributed by atoms with van der Waals surface area (Å²) in [5, 5.41) is 8.95. The highest BCUT2D eigenvalue weighted by Gasteiger charge is 2.35. The smallest absolute Gasteiger partial charge is 0.306 e. The summed E-state index contributed by atoms with van der Waals surface area (Å²) in [5.41, 5.74) is 0. The van der Waals surface area contributed by atoms with Gasteiger partial charge in [0.25, 0.3) is 0 Å². The van der Waals surface area contributed by atoms with E-state index in [-0.39, 0.29) is 17.9 Å². The van der Waals surface area contributed by atoms with Crippen LogP contribution in [-0.2, 0) is 4.79 Å². The average Bonchev–Trinajstić information content (AvgIpc) is 2.26. The molecule has 1 aliphatic rings. The Hall–Kier alpha value is -1.85. The second-order valence-corrected chi connectivity index (χ2v) is 5.17. The standard InChI is InChI=1S/C13H19N3O3/c1-8(2)19-12-4-11(14-7-15-12)16-5-10(6-16)9(3)13(17)18/h4,7-10H,5-6H2,1-3H3,(H,17,18). The van der Waals surface area contributed by atoms with Gasteiger partial charge in [0.1, 0.15) is 12.1 Å². The van der Waals surface area contributed by atoms with Crippen LogP contribution in [0.5, 0.6) is 5.88 Å². The molecule has 0 amide bonds. The zero-order valence-electron chi connectivity index (χ0n) is 11.4. The number of carboxylic acid groups (broad SMARTS) is 1. The third kappa shape index (κ3) is 3.13. The number of nitrogens with zero attached hydrogens (tertiary/aromatic N) is 3. The van der Waals surface area contributed by atoms with Crippen molar-refractivity contribution in [3.05, 3.63) is 12.4 Å². The third-order valence-corrected chi connectivity index (χ3v) is 3.31. The van der Waals surface area contributed by atoms with Crippen LogP contribution in [-0.4, -0.2) is 40.2 Å². The molecule has 1 unspecified atom stereocenters. The topological polar surface area (TPSA) is 75.5 Å². The molecule has 0 spiro atoms. The molecule has 0 aromatic carbocycles. The third-order valence-electron chi connectivity index (χ3n) is 3.31. The summed E-state index contributed by atoms with van der Waals surface area (Å²) in [7, 11) is 0. The summed E-state index contributed by atoms with van der Waals surface area (Å²) in [6.45, 7) is 7.06. The van der Waals surface area contributed by atoms with E-state index in [1.54, 1.807) is 13.0 Å². The Morgan fingerprint density at radius 1 is 1.42 bits per heavy atom. The van der Waals surface area contributed by atoms with Crippen molar-refractivity contribution in [2.24, 2.45) is 11.8 Å². The lowest BCUT2D eigenvalue weighted by Crippen LogP contribution is -2.51. The van der Waals surface area contributed by atoms with Gasteiger partial charge in [-0.2, -0.15) is 0 Å². The Balaban J connectivity index is 1.96. The van der Waals surface area contributed by atoms with E-state index in [0.717, 1.165) is 5.82 Å². The lowest BCUT2D eigenvalue weighted by Gasteiger charge is -2.42. The maximum atomic E-state index is 10.9. The average molecular weight is 265 g/mol. The number of anilines is 1. The summed E-state index contributed by atoms with van der Waals surface area (Å²) in [6.07, 6.45) is 1.54. The zero-order valence-corrected chi connectivity index (χ0v) is 11.4. The molecule has 0 saturated carbocycles. The van der Waals surface area contributed by atoms with Crippen molar-refractivity contribution in [1.82, 2.24) is 9.97 Å². The van der Waals surface area contributed by atoms with E-state index >= 15 is 0 Å². The summed E-state index contributed by atoms with van der Waals surface area (Å²) in [6, 6.07) is 1.79. The van der Waals surface area contributed by atoms with Crippen LogP contribution in [0.15, 0.2) is 12.4 Å². The zero-order chi connectivity index (χ0) is 14.0. The number of carbonyl (C=O) groups is 1. The van der Waals surface area contributed by atoms with Gasteiger partial charge in [-0.3, -0.25) is 4.79 Å². The lowest BCUT2D eigenvalue weighted by molar-refractivity contribution is -0.143. The van der Waals surface area contributed by atoms with Gasteiger partial charge in [0.15, 0.2) is 0 Å². The molecule has 6 heteroatoms. The fourth-order valence-corrected chi connectivity index (χ4v) is 2.03. The van der Waals surface area contributed by atoms with Crippen molar-refractivity contribution in [3.8, 4) is 5.88 Å². The Labute approximate surface area is 112 Å². The van der Waals surface area contributed by atoms with E-state index < -0.39 is 5.97 Å². The summed E-state index contributed by atoms with van der Waals surface area (Å²) >= 11 is 0. The van der Waals surface area contributed by atoms with Crippen LogP contribution < -0.4 is 9.64 Å². The molecule has 19 heavy (non-hydrogen) atoms. The highest BCUT2D eigenvalue weighted by Crippen LogP contribution is 2.29. The van der Waals surface area contributed by atoms with Crippen LogP contribution in [0, 0.1) is 11.8 Å². The molecule has 2 heterocycles. The van der Waals surface area contributed by atoms with Crippen molar-refractivity contribution in [1.29, 1.82) is 0 Å². The first-order valence-corrected chi connectivity index (χ1v) is 6.44. The van der Waals surface area contributed by atoms with E-state index in [9.17, 15) is 4.79 Å². The van der Waals surface area contributed by atoms with Crippen LogP contribution in [0.3, 0.4) is 0 Å². The van der Waals surface area contributed by atoms with Crippen LogP contribution in [0.25, 0.3) is 0 Å². The normalized spacial score (nSPS) is 17.2. The highest BCUT2D eigenvalue weighted by molar-refractivity contribution is 5.70. The van der Waals surface area contributed by atoms with E-state index in [1.165, 1.54) is 6.33 Å². The van der Waals surface area contributed by atoms with E-state index in [2.05, 4.69) is 9.97 Å². The molecule has 0 bridgehead atoms. The second kappa shape index (κ2) is 5.42. The second-order valence-electron chi connectivity index (χ2n) is 5.17. The molecule has 0 radical (unpaired) electrons. The largest absolute Gasteiger partial charge is 0.481 e. The van der Waals surface area contributed by atoms with Gasteiger partial charge < -0.3 is 14.7 Å². The number of ether oxygens (including phenoxy) is 1. The summed E-state index contributed by atoms with van der Waals surface area (Å²) in [4.78, 5) is 21.2. The lowest BCUT2D eigenvalue weighted by atomic mass is 9.87. The molecular weight excluding hydrogens is 246 g/mol. The minimum Gasteiger partial charge on any atom is -0.481 e. The monoisotopic (exact) mass is 265 g/mol. The predicted molar refractivity (Wildman–Crippen MR) is 70.3 cm³/mol. The van der Waals surface area contributed by atoms with E-state index in [4.69, 9.17) is 9.84 Å². The van der Waals surface area contributed by atoms with Crippen molar-refractivity contribution < 1.29 is 14.6 Å². The number of carboxylic acids is 1. The van der Waals surface area contributed by atoms with Gasteiger partial charge >= 0.3 is 5.97 Å². The predicted octanol–water partition coefficient (Wildman–Crippen LogP) is 1.42. The summed E-state index contributed by atoms with van der Waals surface area (Å²) in [5.74, 6) is 0.469. The van der Waals surface area contributed by atoms with E-state index in [0.29, 0.717) is 19.0 Å². The number of hydrogen-bond donors (Lipinski definition) is 1. The highest BCUT2D eigenvalue weighted by atomic mass is 16.5. The van der Waals surface area contributed by atoms with Gasteiger partial charge in [0.05, 0.1) is 12.0 Å². The molecule has 1 N–H and O–H groups in total. The first kappa shape index (κ1) is 13.6. The molecule has 2 rings (SSSR count). The molecule has 1 atom stereocenters. The Morgan fingerprint density at radius 3 is 2.68 bits per heavy atom. The van der Waals surface area contributed by atoms with Gasteiger partial charge in [0.2, 0.25) is 5.88 Å². The van der Waals surface area contributed by atoms with Gasteiger partial charge in [-0.15, -0.1) is 0 Å². The first-order valence-electron chi connectivity index (χ1n) is 6.44. The molecule has 104 valence electrons. The summed E-state index contributed by atoms with van der Waals surface area (Å²) < 4.78 is 5.51. The van der Waals surface area contributed by atoms with Crippen LogP contribution in [0.4, 0.5) is 5.82 Å². The van der Waals surface area contributed by atoms with Gasteiger partial charge in [-0.05, 0) is 13.8 Å². The Morgan fingerprint density at radius 2 is 2.11 bits per heavy atom. The van der Waals surface area contributed by atoms with Crippen LogP contribution >= 0.6 is 0 Å². The quantitative estimate of drug-likeness (QED) is 0.867. The fourth-order valence-electron chi connectivity index (χ4n) is 2.03. The molecule has 1 saturated heterocycles. The molecule has 0 aliphatic carbocycles. The Kier molecular flexibility index (Phi) is 3.87. The number of rotatable bonds is 5. The number of hydrogen-bond acceptors (Lipinski definition) is 5. The SMILES string of the molecule is CC(C)Oc1cc(N2CC(C(C)C(=O)O)C2)ncn1. The maximum Gasteiger partial charge on any atom is 0.306 e. The van der Waals surface area contributed by atoms with E-state index in [1.807, 2.05) is 18.7 Å². The molecular formula is C13H19N3O3. The fraction of sp³-hybridized carbons (Fsp3) is 0.615. The molecule has 1 aromatic heterocycles. The minimum absolute atomic E-state index is 0.0684. The van der Waals surface area contributed by atoms with Crippen molar-refractivity contribution in [3.63, 3.8) is 0 Å². The minimum atomic E-state index is -0.740. The Bertz CT molecular complexity index is 458. The molecule has 1 fully saturated rings. The van der Waals surface area contributed by atoms with Crippen molar-refractivity contribution in [2.45, 2.75) is 26.9 Å². The molecule has 6 nitrogen and oxygen atoms in total. The molecule has 1 aliphatic heterocycles. The number of aromatic nitrogens is 2. The van der Waals surface area contributed by atoms with Gasteiger partial charge in [-0.1, -0.05) is 6.92 Å². The maximum absolute atomic E-state index is 10.9. The first-order chi connectivity index (χ1) is 8.97. The van der Waals surface area contributed by atoms with Crippen LogP contribution in [0.2, 0.25) is 0 Å². The van der Waals surface area contributed by atoms with Crippen molar-refractivity contribution >= 4 is 11.8 Å². The van der Waals surface area contributed by atoms with Crippen molar-refractivity contribution in [2.75, 3.05) is 18.0 Å². The van der Waals surface area contributed by atoms with Gasteiger partial charge in [0, 0.05) is 25.1 Å². The molecule has 1 aromatic rings. The van der Waals surface area contributed by atoms with Gasteiger partial charge in [-0.25, -0.2) is 9.97 Å². The van der Waals surface area contributed by atoms with Crippen LogP contribution in [0.1, 0.15) is 20.8 Å².